The number of carbonyl (C=O) groups excluding carboxylic acids is 3. The number of hydrogen-bond donors (Lipinski definition) is 0. The minimum atomic E-state index is -0.974. The number of hydrogen-bond acceptors (Lipinski definition) is 6. The van der Waals surface area contributed by atoms with Crippen LogP contribution < -0.4 is 0 Å². The molecule has 0 spiro atoms. The lowest BCUT2D eigenvalue weighted by Crippen LogP contribution is -2.38. The number of ketones is 1. The smallest absolute Gasteiger partial charge is 0.341 e. The minimum absolute atomic E-state index is 0.171. The Bertz CT molecular complexity index is 868. The Labute approximate surface area is 162 Å². The maximum Gasteiger partial charge on any atom is 0.341 e. The monoisotopic (exact) mass is 392 g/mol. The van der Waals surface area contributed by atoms with E-state index in [1.165, 1.54) is 0 Å². The van der Waals surface area contributed by atoms with Crippen molar-refractivity contribution in [1.82, 2.24) is 0 Å². The molecule has 0 aromatic carbocycles. The molecule has 0 aromatic heterocycles. The van der Waals surface area contributed by atoms with Crippen molar-refractivity contribution in [3.8, 4) is 0 Å². The lowest BCUT2D eigenvalue weighted by Gasteiger charge is -2.28. The quantitative estimate of drug-likeness (QED) is 0.408. The highest BCUT2D eigenvalue weighted by molar-refractivity contribution is 6.47. The number of epoxide rings is 1. The van der Waals surface area contributed by atoms with E-state index in [2.05, 4.69) is 6.58 Å². The molecule has 2 aliphatic heterocycles. The highest BCUT2D eigenvalue weighted by atomic mass is 35.5. The first kappa shape index (κ1) is 18.4. The molecule has 0 radical (unpaired) electrons. The van der Waals surface area contributed by atoms with Gasteiger partial charge in [-0.3, -0.25) is 4.79 Å². The molecule has 144 valence electrons. The summed E-state index contributed by atoms with van der Waals surface area (Å²) in [6, 6.07) is 0. The van der Waals surface area contributed by atoms with Gasteiger partial charge in [0.25, 0.3) is 0 Å². The predicted octanol–water partition coefficient (Wildman–Crippen LogP) is 2.61. The molecule has 6 atom stereocenters. The molecule has 2 aliphatic carbocycles. The van der Waals surface area contributed by atoms with Crippen LogP contribution in [0.5, 0.6) is 0 Å². The summed E-state index contributed by atoms with van der Waals surface area (Å²) in [6.07, 6.45) is -1.24. The highest BCUT2D eigenvalue weighted by Crippen LogP contribution is 2.51. The van der Waals surface area contributed by atoms with Crippen molar-refractivity contribution in [3.05, 3.63) is 33.9 Å². The number of ether oxygens (including phenoxy) is 3. The van der Waals surface area contributed by atoms with E-state index in [0.717, 1.165) is 5.57 Å². The number of fused-ring (bicyclic) bond motifs is 3. The fourth-order valence-corrected chi connectivity index (χ4v) is 4.65. The number of carbonyl (C=O) groups is 3. The lowest BCUT2D eigenvalue weighted by atomic mass is 9.82. The van der Waals surface area contributed by atoms with Crippen LogP contribution >= 0.6 is 11.6 Å². The topological polar surface area (TPSA) is 82.2 Å². The van der Waals surface area contributed by atoms with Gasteiger partial charge in [-0.25, -0.2) is 9.59 Å². The molecule has 7 heteroatoms. The van der Waals surface area contributed by atoms with Crippen LogP contribution in [0.2, 0.25) is 0 Å². The fourth-order valence-electron chi connectivity index (χ4n) is 4.44. The van der Waals surface area contributed by atoms with Crippen LogP contribution in [0.3, 0.4) is 0 Å². The standard InChI is InChI=1S/C20H21ClO6/c1-7-6-11(25-19(24)20(5)10(4)27-20)13-9(3)18(23)26-17(13)14-8(2)15(21)16(22)12(7)14/h10-11,13-14,17H,3,6H2,1-2,4-5H3/t10-,11+,13+,14-,17-,20+/m0/s1. The molecule has 27 heavy (non-hydrogen) atoms. The van der Waals surface area contributed by atoms with E-state index in [1.54, 1.807) is 20.8 Å². The second-order valence-corrected chi connectivity index (χ2v) is 8.31. The molecule has 0 amide bonds. The second-order valence-electron chi connectivity index (χ2n) is 7.93. The van der Waals surface area contributed by atoms with Gasteiger partial charge in [-0.1, -0.05) is 23.8 Å². The van der Waals surface area contributed by atoms with E-state index >= 15 is 0 Å². The second kappa shape index (κ2) is 5.79. The van der Waals surface area contributed by atoms with Gasteiger partial charge in [0.05, 0.1) is 17.1 Å². The van der Waals surface area contributed by atoms with Gasteiger partial charge in [0.1, 0.15) is 12.2 Å². The molecule has 2 saturated heterocycles. The summed E-state index contributed by atoms with van der Waals surface area (Å²) in [7, 11) is 0. The highest BCUT2D eigenvalue weighted by Gasteiger charge is 2.60. The zero-order chi connectivity index (χ0) is 19.8. The molecule has 0 aromatic rings. The third-order valence-corrected chi connectivity index (χ3v) is 6.80. The number of halogens is 1. The Morgan fingerprint density at radius 3 is 2.56 bits per heavy atom. The normalized spacial score (nSPS) is 40.6. The van der Waals surface area contributed by atoms with Crippen LogP contribution in [-0.4, -0.2) is 41.6 Å². The summed E-state index contributed by atoms with van der Waals surface area (Å²) >= 11 is 6.21. The van der Waals surface area contributed by atoms with Crippen LogP contribution in [0, 0.1) is 11.8 Å². The van der Waals surface area contributed by atoms with Gasteiger partial charge in [-0.05, 0) is 33.3 Å². The lowest BCUT2D eigenvalue weighted by molar-refractivity contribution is -0.158. The molecule has 0 bridgehead atoms. The van der Waals surface area contributed by atoms with Crippen molar-refractivity contribution < 1.29 is 28.6 Å². The molecule has 0 unspecified atom stereocenters. The number of rotatable bonds is 2. The Kier molecular flexibility index (Phi) is 3.95. The van der Waals surface area contributed by atoms with Gasteiger partial charge in [0.15, 0.2) is 5.60 Å². The maximum atomic E-state index is 12.7. The van der Waals surface area contributed by atoms with E-state index in [1.807, 2.05) is 6.92 Å². The summed E-state index contributed by atoms with van der Waals surface area (Å²) in [5, 5.41) is 0.171. The maximum absolute atomic E-state index is 12.7. The predicted molar refractivity (Wildman–Crippen MR) is 95.7 cm³/mol. The Hall–Kier alpha value is -1.92. The average Bonchev–Trinajstić information content (AvgIpc) is 3.07. The fraction of sp³-hybridized carbons (Fsp3) is 0.550. The summed E-state index contributed by atoms with van der Waals surface area (Å²) in [5.41, 5.74) is 1.27. The third kappa shape index (κ3) is 2.46. The molecule has 2 fully saturated rings. The van der Waals surface area contributed by atoms with E-state index in [-0.39, 0.29) is 22.5 Å². The molecule has 0 saturated carbocycles. The summed E-state index contributed by atoms with van der Waals surface area (Å²) in [4.78, 5) is 37.5. The zero-order valence-electron chi connectivity index (χ0n) is 15.6. The molecule has 4 aliphatic rings. The first-order chi connectivity index (χ1) is 12.6. The largest absolute Gasteiger partial charge is 0.459 e. The number of esters is 2. The van der Waals surface area contributed by atoms with Gasteiger partial charge in [-0.15, -0.1) is 0 Å². The van der Waals surface area contributed by atoms with Gasteiger partial charge in [0.2, 0.25) is 5.78 Å². The minimum Gasteiger partial charge on any atom is -0.459 e. The van der Waals surface area contributed by atoms with Gasteiger partial charge in [0, 0.05) is 23.5 Å². The molecular formula is C20H21ClO6. The molecule has 2 heterocycles. The van der Waals surface area contributed by atoms with E-state index in [0.29, 0.717) is 17.6 Å². The van der Waals surface area contributed by atoms with Crippen molar-refractivity contribution in [2.45, 2.75) is 58.0 Å². The average molecular weight is 393 g/mol. The Balaban J connectivity index is 1.74. The van der Waals surface area contributed by atoms with Gasteiger partial charge >= 0.3 is 11.9 Å². The van der Waals surface area contributed by atoms with Crippen molar-refractivity contribution in [2.75, 3.05) is 0 Å². The van der Waals surface area contributed by atoms with Crippen molar-refractivity contribution in [3.63, 3.8) is 0 Å². The number of allylic oxidation sites excluding steroid dienone is 1. The molecule has 0 N–H and O–H groups in total. The number of Topliss-reactive ketones (excluding diaryl/α,β-unsaturated/α-hetero) is 1. The van der Waals surface area contributed by atoms with Crippen molar-refractivity contribution >= 4 is 29.3 Å². The Morgan fingerprint density at radius 2 is 1.96 bits per heavy atom. The third-order valence-electron chi connectivity index (χ3n) is 6.33. The van der Waals surface area contributed by atoms with Crippen LogP contribution in [0.4, 0.5) is 0 Å². The van der Waals surface area contributed by atoms with Crippen LogP contribution in [0.15, 0.2) is 33.9 Å². The van der Waals surface area contributed by atoms with Crippen LogP contribution in [0.1, 0.15) is 34.1 Å². The van der Waals surface area contributed by atoms with Gasteiger partial charge < -0.3 is 14.2 Å². The van der Waals surface area contributed by atoms with Crippen LogP contribution in [0.25, 0.3) is 0 Å². The van der Waals surface area contributed by atoms with Gasteiger partial charge in [-0.2, -0.15) is 0 Å². The molecule has 4 rings (SSSR count). The first-order valence-electron chi connectivity index (χ1n) is 8.97. The van der Waals surface area contributed by atoms with Crippen molar-refractivity contribution in [1.29, 1.82) is 0 Å². The summed E-state index contributed by atoms with van der Waals surface area (Å²) in [5.74, 6) is -2.24. The summed E-state index contributed by atoms with van der Waals surface area (Å²) in [6.45, 7) is 10.9. The summed E-state index contributed by atoms with van der Waals surface area (Å²) < 4.78 is 16.7. The Morgan fingerprint density at radius 1 is 1.33 bits per heavy atom. The molecule has 6 nitrogen and oxygen atoms in total. The first-order valence-corrected chi connectivity index (χ1v) is 9.35. The van der Waals surface area contributed by atoms with Crippen LogP contribution in [-0.2, 0) is 28.6 Å². The zero-order valence-corrected chi connectivity index (χ0v) is 16.4. The van der Waals surface area contributed by atoms with E-state index in [4.69, 9.17) is 25.8 Å². The molecular weight excluding hydrogens is 372 g/mol. The SMILES string of the molecule is C=C1C(=O)O[C@@H]2[C@H]3C(C)=C(Cl)C(=O)C3=C(C)C[C@@H](OC(=O)[C@]3(C)O[C@H]3C)[C@@H]12. The van der Waals surface area contributed by atoms with E-state index in [9.17, 15) is 14.4 Å². The van der Waals surface area contributed by atoms with E-state index < -0.39 is 41.6 Å². The van der Waals surface area contributed by atoms with Crippen molar-refractivity contribution in [2.24, 2.45) is 11.8 Å².